The summed E-state index contributed by atoms with van der Waals surface area (Å²) in [5, 5.41) is 13.8. The largest absolute Gasteiger partial charge is 0.372 e. The highest BCUT2D eigenvalue weighted by molar-refractivity contribution is 14.1. The third-order valence-electron chi connectivity index (χ3n) is 3.59. The second kappa shape index (κ2) is 4.56. The smallest absolute Gasteiger partial charge is 0.265 e. The second-order valence-electron chi connectivity index (χ2n) is 5.23. The summed E-state index contributed by atoms with van der Waals surface area (Å²) >= 11 is 2.18. The summed E-state index contributed by atoms with van der Waals surface area (Å²) < 4.78 is 0.987. The van der Waals surface area contributed by atoms with Crippen LogP contribution < -0.4 is 5.32 Å². The maximum Gasteiger partial charge on any atom is 0.265 e. The predicted molar refractivity (Wildman–Crippen MR) is 86.7 cm³/mol. The quantitative estimate of drug-likeness (QED) is 0.749. The van der Waals surface area contributed by atoms with E-state index in [2.05, 4.69) is 27.9 Å². The normalized spacial score (nSPS) is 20.7. The molecular weight excluding hydrogens is 365 g/mol. The lowest BCUT2D eigenvalue weighted by Gasteiger charge is -2.22. The van der Waals surface area contributed by atoms with Gasteiger partial charge >= 0.3 is 0 Å². The van der Waals surface area contributed by atoms with E-state index in [1.54, 1.807) is 0 Å². The molecule has 1 unspecified atom stereocenters. The Kier molecular flexibility index (Phi) is 3.10. The van der Waals surface area contributed by atoms with Crippen LogP contribution in [0, 0.1) is 17.4 Å². The van der Waals surface area contributed by atoms with E-state index < -0.39 is 5.60 Å². The molecule has 0 spiro atoms. The standard InChI is InChI=1S/C16H14INO2/c1-9-5-10(2)7-11(6-9)16(20)13-8-12(17)3-4-14(13)18-15(16)19/h3-8,20H,1-2H3,(H,18,19). The Hall–Kier alpha value is -1.40. The molecule has 1 aliphatic heterocycles. The van der Waals surface area contributed by atoms with Crippen molar-refractivity contribution >= 4 is 34.2 Å². The molecule has 0 radical (unpaired) electrons. The van der Waals surface area contributed by atoms with Gasteiger partial charge in [-0.25, -0.2) is 0 Å². The van der Waals surface area contributed by atoms with E-state index in [4.69, 9.17) is 0 Å². The van der Waals surface area contributed by atoms with Crippen LogP contribution >= 0.6 is 22.6 Å². The fourth-order valence-corrected chi connectivity index (χ4v) is 3.22. The van der Waals surface area contributed by atoms with Crippen LogP contribution in [0.25, 0.3) is 0 Å². The van der Waals surface area contributed by atoms with E-state index in [0.717, 1.165) is 14.7 Å². The van der Waals surface area contributed by atoms with Gasteiger partial charge in [-0.05, 0) is 60.2 Å². The van der Waals surface area contributed by atoms with Crippen LogP contribution in [0.4, 0.5) is 5.69 Å². The van der Waals surface area contributed by atoms with E-state index in [0.29, 0.717) is 16.8 Å². The first kappa shape index (κ1) is 13.6. The molecule has 1 aliphatic rings. The van der Waals surface area contributed by atoms with Gasteiger partial charge in [-0.3, -0.25) is 4.79 Å². The molecule has 0 fully saturated rings. The number of hydrogen-bond acceptors (Lipinski definition) is 2. The molecule has 1 atom stereocenters. The second-order valence-corrected chi connectivity index (χ2v) is 6.48. The zero-order valence-corrected chi connectivity index (χ0v) is 13.4. The predicted octanol–water partition coefficient (Wildman–Crippen LogP) is 3.10. The number of halogens is 1. The number of carbonyl (C=O) groups is 1. The van der Waals surface area contributed by atoms with E-state index in [1.165, 1.54) is 0 Å². The van der Waals surface area contributed by atoms with Crippen LogP contribution in [0.2, 0.25) is 0 Å². The minimum atomic E-state index is -1.60. The highest BCUT2D eigenvalue weighted by Gasteiger charge is 2.47. The zero-order valence-electron chi connectivity index (χ0n) is 11.2. The van der Waals surface area contributed by atoms with E-state index in [-0.39, 0.29) is 5.91 Å². The first-order valence-corrected chi connectivity index (χ1v) is 7.42. The maximum atomic E-state index is 12.3. The SMILES string of the molecule is Cc1cc(C)cc(C2(O)C(=O)Nc3ccc(I)cc32)c1. The molecule has 2 aromatic carbocycles. The van der Waals surface area contributed by atoms with Crippen LogP contribution in [0.5, 0.6) is 0 Å². The van der Waals surface area contributed by atoms with Crippen molar-refractivity contribution in [3.8, 4) is 0 Å². The van der Waals surface area contributed by atoms with Gasteiger partial charge < -0.3 is 10.4 Å². The molecule has 3 nitrogen and oxygen atoms in total. The van der Waals surface area contributed by atoms with Crippen molar-refractivity contribution in [2.45, 2.75) is 19.4 Å². The lowest BCUT2D eigenvalue weighted by Crippen LogP contribution is -2.35. The Bertz CT molecular complexity index is 706. The summed E-state index contributed by atoms with van der Waals surface area (Å²) in [6.45, 7) is 3.92. The van der Waals surface area contributed by atoms with Gasteiger partial charge in [-0.15, -0.1) is 0 Å². The van der Waals surface area contributed by atoms with Gasteiger partial charge in [0, 0.05) is 14.8 Å². The molecule has 102 valence electrons. The Balaban J connectivity index is 2.26. The number of aliphatic hydroxyl groups is 1. The topological polar surface area (TPSA) is 49.3 Å². The summed E-state index contributed by atoms with van der Waals surface area (Å²) in [5.74, 6) is -0.389. The van der Waals surface area contributed by atoms with Gasteiger partial charge in [-0.2, -0.15) is 0 Å². The number of nitrogens with one attached hydrogen (secondary N) is 1. The molecule has 4 heteroatoms. The first-order valence-electron chi connectivity index (χ1n) is 6.34. The summed E-state index contributed by atoms with van der Waals surface area (Å²) in [7, 11) is 0. The average molecular weight is 379 g/mol. The molecular formula is C16H14INO2. The van der Waals surface area contributed by atoms with Crippen molar-refractivity contribution in [1.29, 1.82) is 0 Å². The Morgan fingerprint density at radius 1 is 1.10 bits per heavy atom. The van der Waals surface area contributed by atoms with E-state index >= 15 is 0 Å². The third kappa shape index (κ3) is 1.94. The highest BCUT2D eigenvalue weighted by atomic mass is 127. The molecule has 1 amide bonds. The molecule has 0 bridgehead atoms. The fourth-order valence-electron chi connectivity index (χ4n) is 2.73. The molecule has 0 aliphatic carbocycles. The monoisotopic (exact) mass is 379 g/mol. The van der Waals surface area contributed by atoms with Crippen molar-refractivity contribution in [1.82, 2.24) is 0 Å². The summed E-state index contributed by atoms with van der Waals surface area (Å²) in [6.07, 6.45) is 0. The average Bonchev–Trinajstić information content (AvgIpc) is 2.62. The van der Waals surface area contributed by atoms with Crippen molar-refractivity contribution in [3.05, 3.63) is 62.2 Å². The molecule has 2 N–H and O–H groups in total. The lowest BCUT2D eigenvalue weighted by atomic mass is 9.86. The first-order chi connectivity index (χ1) is 9.41. The minimum absolute atomic E-state index is 0.389. The Labute approximate surface area is 131 Å². The van der Waals surface area contributed by atoms with Gasteiger partial charge in [0.2, 0.25) is 0 Å². The number of benzene rings is 2. The molecule has 0 aromatic heterocycles. The Morgan fingerprint density at radius 2 is 1.75 bits per heavy atom. The summed E-state index contributed by atoms with van der Waals surface area (Å²) in [5.41, 5.74) is 2.37. The van der Waals surface area contributed by atoms with Crippen molar-refractivity contribution in [2.24, 2.45) is 0 Å². The number of hydrogen-bond donors (Lipinski definition) is 2. The molecule has 1 heterocycles. The van der Waals surface area contributed by atoms with Gasteiger partial charge in [0.05, 0.1) is 0 Å². The van der Waals surface area contributed by atoms with Crippen molar-refractivity contribution in [3.63, 3.8) is 0 Å². The van der Waals surface area contributed by atoms with Crippen molar-refractivity contribution < 1.29 is 9.90 Å². The number of carbonyl (C=O) groups excluding carboxylic acids is 1. The van der Waals surface area contributed by atoms with Crippen LogP contribution in [-0.4, -0.2) is 11.0 Å². The number of amides is 1. The molecule has 2 aromatic rings. The van der Waals surface area contributed by atoms with Crippen molar-refractivity contribution in [2.75, 3.05) is 5.32 Å². The van der Waals surface area contributed by atoms with Crippen LogP contribution in [0.3, 0.4) is 0 Å². The van der Waals surface area contributed by atoms with Gasteiger partial charge in [0.15, 0.2) is 5.60 Å². The van der Waals surface area contributed by atoms with Crippen LogP contribution in [-0.2, 0) is 10.4 Å². The molecule has 3 rings (SSSR count). The lowest BCUT2D eigenvalue weighted by molar-refractivity contribution is -0.129. The minimum Gasteiger partial charge on any atom is -0.372 e. The van der Waals surface area contributed by atoms with Gasteiger partial charge in [0.25, 0.3) is 5.91 Å². The Morgan fingerprint density at radius 3 is 2.40 bits per heavy atom. The van der Waals surface area contributed by atoms with Crippen LogP contribution in [0.15, 0.2) is 36.4 Å². The van der Waals surface area contributed by atoms with Crippen LogP contribution in [0.1, 0.15) is 22.3 Å². The van der Waals surface area contributed by atoms with E-state index in [9.17, 15) is 9.90 Å². The third-order valence-corrected chi connectivity index (χ3v) is 4.26. The van der Waals surface area contributed by atoms with E-state index in [1.807, 2.05) is 50.2 Å². The summed E-state index contributed by atoms with van der Waals surface area (Å²) in [4.78, 5) is 12.3. The number of aryl methyl sites for hydroxylation is 2. The maximum absolute atomic E-state index is 12.3. The molecule has 0 saturated heterocycles. The van der Waals surface area contributed by atoms with Gasteiger partial charge in [-0.1, -0.05) is 29.3 Å². The summed E-state index contributed by atoms with van der Waals surface area (Å²) in [6, 6.07) is 11.3. The molecule has 0 saturated carbocycles. The number of anilines is 1. The highest BCUT2D eigenvalue weighted by Crippen LogP contribution is 2.41. The zero-order chi connectivity index (χ0) is 14.5. The number of fused-ring (bicyclic) bond motifs is 1. The fraction of sp³-hybridized carbons (Fsp3) is 0.188. The number of rotatable bonds is 1. The van der Waals surface area contributed by atoms with Gasteiger partial charge in [0.1, 0.15) is 0 Å². The molecule has 20 heavy (non-hydrogen) atoms.